The van der Waals surface area contributed by atoms with Gasteiger partial charge >= 0.3 is 11.9 Å². The molecule has 0 unspecified atom stereocenters. The Balaban J connectivity index is 2.42. The summed E-state index contributed by atoms with van der Waals surface area (Å²) in [6, 6.07) is 0. The largest absolute Gasteiger partial charge is 0.469 e. The van der Waals surface area contributed by atoms with Gasteiger partial charge in [-0.05, 0) is 23.3 Å². The van der Waals surface area contributed by atoms with Crippen LogP contribution in [-0.2, 0) is 19.1 Å². The van der Waals surface area contributed by atoms with Crippen LogP contribution in [0.2, 0.25) is 0 Å². The van der Waals surface area contributed by atoms with Gasteiger partial charge in [-0.3, -0.25) is 9.59 Å². The van der Waals surface area contributed by atoms with Crippen molar-refractivity contribution in [3.8, 4) is 0 Å². The molecule has 0 amide bonds. The summed E-state index contributed by atoms with van der Waals surface area (Å²) >= 11 is 1.78. The highest BCUT2D eigenvalue weighted by Crippen LogP contribution is 2.34. The van der Waals surface area contributed by atoms with Crippen LogP contribution >= 0.6 is 11.8 Å². The number of hydrogen-bond donors (Lipinski definition) is 0. The molecule has 0 aliphatic carbocycles. The van der Waals surface area contributed by atoms with E-state index in [2.05, 4.69) is 9.47 Å². The number of carbonyl (C=O) groups excluding carboxylic acids is 2. The molecule has 0 aromatic carbocycles. The van der Waals surface area contributed by atoms with E-state index in [1.54, 1.807) is 11.8 Å². The van der Waals surface area contributed by atoms with Crippen LogP contribution in [0.5, 0.6) is 0 Å². The molecule has 1 saturated heterocycles. The van der Waals surface area contributed by atoms with Gasteiger partial charge in [0.2, 0.25) is 0 Å². The van der Waals surface area contributed by atoms with E-state index < -0.39 is 0 Å². The van der Waals surface area contributed by atoms with Gasteiger partial charge in [0.05, 0.1) is 14.2 Å². The summed E-state index contributed by atoms with van der Waals surface area (Å²) in [5, 5.41) is 0. The average molecular weight is 232 g/mol. The average Bonchev–Trinajstić information content (AvgIpc) is 2.65. The third-order valence-corrected chi connectivity index (χ3v) is 3.97. The Morgan fingerprint density at radius 3 is 1.80 bits per heavy atom. The molecule has 2 atom stereocenters. The van der Waals surface area contributed by atoms with Crippen molar-refractivity contribution in [3.05, 3.63) is 0 Å². The Kier molecular flexibility index (Phi) is 4.94. The molecular formula is C10H16O4S. The van der Waals surface area contributed by atoms with Crippen molar-refractivity contribution >= 4 is 23.7 Å². The second-order valence-corrected chi connectivity index (χ2v) is 4.69. The maximum Gasteiger partial charge on any atom is 0.305 e. The summed E-state index contributed by atoms with van der Waals surface area (Å²) in [5.74, 6) is 1.96. The van der Waals surface area contributed by atoms with E-state index in [9.17, 15) is 9.59 Å². The van der Waals surface area contributed by atoms with Crippen molar-refractivity contribution in [2.24, 2.45) is 11.8 Å². The van der Waals surface area contributed by atoms with E-state index in [1.165, 1.54) is 14.2 Å². The highest BCUT2D eigenvalue weighted by atomic mass is 32.2. The molecule has 0 bridgehead atoms. The van der Waals surface area contributed by atoms with E-state index >= 15 is 0 Å². The van der Waals surface area contributed by atoms with Crippen LogP contribution in [0.15, 0.2) is 0 Å². The fraction of sp³-hybridized carbons (Fsp3) is 0.800. The predicted octanol–water partition coefficient (Wildman–Crippen LogP) is 1.09. The monoisotopic (exact) mass is 232 g/mol. The quantitative estimate of drug-likeness (QED) is 0.679. The van der Waals surface area contributed by atoms with Gasteiger partial charge in [-0.15, -0.1) is 0 Å². The van der Waals surface area contributed by atoms with E-state index in [0.717, 1.165) is 11.5 Å². The van der Waals surface area contributed by atoms with E-state index in [1.807, 2.05) is 0 Å². The lowest BCUT2D eigenvalue weighted by Gasteiger charge is -2.15. The second kappa shape index (κ2) is 6.00. The number of carbonyl (C=O) groups is 2. The highest BCUT2D eigenvalue weighted by molar-refractivity contribution is 7.99. The fourth-order valence-electron chi connectivity index (χ4n) is 1.69. The number of ether oxygens (including phenoxy) is 2. The molecule has 0 radical (unpaired) electrons. The maximum atomic E-state index is 11.1. The van der Waals surface area contributed by atoms with Gasteiger partial charge in [0.15, 0.2) is 0 Å². The van der Waals surface area contributed by atoms with Crippen LogP contribution in [0.4, 0.5) is 0 Å². The van der Waals surface area contributed by atoms with Crippen molar-refractivity contribution in [2.45, 2.75) is 12.8 Å². The van der Waals surface area contributed by atoms with Crippen molar-refractivity contribution in [2.75, 3.05) is 25.7 Å². The molecule has 1 rings (SSSR count). The molecule has 5 heteroatoms. The first kappa shape index (κ1) is 12.4. The summed E-state index contributed by atoms with van der Waals surface area (Å²) in [6.07, 6.45) is 0.816. The lowest BCUT2D eigenvalue weighted by atomic mass is 9.90. The molecule has 0 N–H and O–H groups in total. The zero-order chi connectivity index (χ0) is 11.3. The maximum absolute atomic E-state index is 11.1. The summed E-state index contributed by atoms with van der Waals surface area (Å²) in [5.41, 5.74) is 0. The van der Waals surface area contributed by atoms with Gasteiger partial charge in [-0.1, -0.05) is 0 Å². The Morgan fingerprint density at radius 2 is 1.47 bits per heavy atom. The lowest BCUT2D eigenvalue weighted by molar-refractivity contribution is -0.144. The molecule has 0 spiro atoms. The van der Waals surface area contributed by atoms with Gasteiger partial charge in [0.1, 0.15) is 0 Å². The fourth-order valence-corrected chi connectivity index (χ4v) is 3.21. The molecule has 1 aliphatic heterocycles. The topological polar surface area (TPSA) is 52.6 Å². The molecule has 0 saturated carbocycles. The first-order valence-electron chi connectivity index (χ1n) is 4.88. The van der Waals surface area contributed by atoms with Gasteiger partial charge in [0, 0.05) is 12.8 Å². The standard InChI is InChI=1S/C10H16O4S/c1-13-9(11)3-7-5-15-6-8(7)4-10(12)14-2/h7-8H,3-6H2,1-2H3/t7-,8-/m0/s1. The molecule has 4 nitrogen and oxygen atoms in total. The third-order valence-electron chi connectivity index (χ3n) is 2.64. The minimum absolute atomic E-state index is 0.197. The Hall–Kier alpha value is -0.710. The molecule has 86 valence electrons. The minimum atomic E-state index is -0.197. The third kappa shape index (κ3) is 3.74. The minimum Gasteiger partial charge on any atom is -0.469 e. The number of thioether (sulfide) groups is 1. The van der Waals surface area contributed by atoms with Gasteiger partial charge in [-0.25, -0.2) is 0 Å². The SMILES string of the molecule is COC(=O)C[C@H]1CSC[C@@H]1CC(=O)OC. The number of methoxy groups -OCH3 is 2. The number of esters is 2. The number of hydrogen-bond acceptors (Lipinski definition) is 5. The van der Waals surface area contributed by atoms with Crippen LogP contribution in [0.25, 0.3) is 0 Å². The lowest BCUT2D eigenvalue weighted by Crippen LogP contribution is -2.20. The van der Waals surface area contributed by atoms with Gasteiger partial charge < -0.3 is 9.47 Å². The molecule has 1 fully saturated rings. The summed E-state index contributed by atoms with van der Waals surface area (Å²) in [7, 11) is 2.78. The Morgan fingerprint density at radius 1 is 1.07 bits per heavy atom. The van der Waals surface area contributed by atoms with Crippen LogP contribution in [0.3, 0.4) is 0 Å². The highest BCUT2D eigenvalue weighted by Gasteiger charge is 2.31. The van der Waals surface area contributed by atoms with Gasteiger partial charge in [0.25, 0.3) is 0 Å². The molecule has 15 heavy (non-hydrogen) atoms. The normalized spacial score (nSPS) is 24.9. The van der Waals surface area contributed by atoms with Crippen molar-refractivity contribution in [3.63, 3.8) is 0 Å². The Bertz CT molecular complexity index is 218. The number of rotatable bonds is 4. The van der Waals surface area contributed by atoms with Crippen LogP contribution < -0.4 is 0 Å². The van der Waals surface area contributed by atoms with Crippen molar-refractivity contribution in [1.29, 1.82) is 0 Å². The molecule has 0 aromatic heterocycles. The van der Waals surface area contributed by atoms with Crippen LogP contribution in [-0.4, -0.2) is 37.7 Å². The first-order valence-corrected chi connectivity index (χ1v) is 6.04. The molecule has 1 aliphatic rings. The van der Waals surface area contributed by atoms with Crippen molar-refractivity contribution in [1.82, 2.24) is 0 Å². The first-order chi connectivity index (χ1) is 7.17. The van der Waals surface area contributed by atoms with Gasteiger partial charge in [-0.2, -0.15) is 11.8 Å². The molecular weight excluding hydrogens is 216 g/mol. The van der Waals surface area contributed by atoms with E-state index in [0.29, 0.717) is 12.8 Å². The Labute approximate surface area is 93.7 Å². The smallest absolute Gasteiger partial charge is 0.305 e. The molecule has 0 aromatic rings. The van der Waals surface area contributed by atoms with Crippen LogP contribution in [0, 0.1) is 11.8 Å². The summed E-state index contributed by atoms with van der Waals surface area (Å²) in [4.78, 5) is 22.2. The summed E-state index contributed by atoms with van der Waals surface area (Å²) < 4.78 is 9.25. The zero-order valence-corrected chi connectivity index (χ0v) is 9.84. The van der Waals surface area contributed by atoms with E-state index in [4.69, 9.17) is 0 Å². The van der Waals surface area contributed by atoms with Crippen molar-refractivity contribution < 1.29 is 19.1 Å². The van der Waals surface area contributed by atoms with E-state index in [-0.39, 0.29) is 23.8 Å². The zero-order valence-electron chi connectivity index (χ0n) is 9.02. The summed E-state index contributed by atoms with van der Waals surface area (Å²) in [6.45, 7) is 0. The molecule has 1 heterocycles. The van der Waals surface area contributed by atoms with Crippen LogP contribution in [0.1, 0.15) is 12.8 Å². The predicted molar refractivity (Wildman–Crippen MR) is 57.6 cm³/mol. The second-order valence-electron chi connectivity index (χ2n) is 3.62.